The van der Waals surface area contributed by atoms with Crippen LogP contribution < -0.4 is 5.32 Å². The monoisotopic (exact) mass is 314 g/mol. The zero-order valence-electron chi connectivity index (χ0n) is 11.7. The lowest BCUT2D eigenvalue weighted by Crippen LogP contribution is -2.48. The van der Waals surface area contributed by atoms with E-state index < -0.39 is 36.3 Å². The van der Waals surface area contributed by atoms with E-state index in [1.165, 1.54) is 0 Å². The Balaban J connectivity index is 2.65. The van der Waals surface area contributed by atoms with Gasteiger partial charge in [-0.25, -0.2) is 13.6 Å². The normalized spacial score (nSPS) is 23.0. The Morgan fingerprint density at radius 2 is 1.95 bits per heavy atom. The van der Waals surface area contributed by atoms with Crippen LogP contribution in [-0.2, 0) is 4.79 Å². The second kappa shape index (κ2) is 6.07. The van der Waals surface area contributed by atoms with Gasteiger partial charge in [0.25, 0.3) is 0 Å². The van der Waals surface area contributed by atoms with Crippen molar-refractivity contribution in [3.05, 3.63) is 0 Å². The zero-order chi connectivity index (χ0) is 16.4. The molecule has 0 spiro atoms. The van der Waals surface area contributed by atoms with E-state index in [0.717, 1.165) is 4.90 Å². The molecule has 1 unspecified atom stereocenters. The van der Waals surface area contributed by atoms with Crippen molar-refractivity contribution in [3.63, 3.8) is 0 Å². The fourth-order valence-corrected chi connectivity index (χ4v) is 2.28. The molecule has 9 heteroatoms. The SMILES string of the molecule is CC(C)C1(C(=O)O)CCN(C(=O)NCC(F)(F)C(F)F)C1. The molecular weight excluding hydrogens is 296 g/mol. The molecule has 1 aliphatic heterocycles. The maximum Gasteiger partial charge on any atom is 0.324 e. The molecule has 0 aliphatic carbocycles. The van der Waals surface area contributed by atoms with Crippen LogP contribution in [0.4, 0.5) is 22.4 Å². The van der Waals surface area contributed by atoms with Gasteiger partial charge in [0.1, 0.15) is 0 Å². The minimum Gasteiger partial charge on any atom is -0.481 e. The highest BCUT2D eigenvalue weighted by molar-refractivity contribution is 5.80. The van der Waals surface area contributed by atoms with Gasteiger partial charge in [0.05, 0.1) is 12.0 Å². The number of amides is 2. The van der Waals surface area contributed by atoms with Gasteiger partial charge in [-0.05, 0) is 12.3 Å². The summed E-state index contributed by atoms with van der Waals surface area (Å²) in [6.07, 6.45) is -3.68. The molecule has 21 heavy (non-hydrogen) atoms. The molecule has 1 atom stereocenters. The summed E-state index contributed by atoms with van der Waals surface area (Å²) in [4.78, 5) is 24.1. The van der Waals surface area contributed by atoms with Crippen molar-refractivity contribution in [2.45, 2.75) is 32.6 Å². The van der Waals surface area contributed by atoms with Crippen LogP contribution >= 0.6 is 0 Å². The number of alkyl halides is 4. The number of hydrogen-bond acceptors (Lipinski definition) is 2. The summed E-state index contributed by atoms with van der Waals surface area (Å²) in [7, 11) is 0. The van der Waals surface area contributed by atoms with Crippen LogP contribution in [0.5, 0.6) is 0 Å². The summed E-state index contributed by atoms with van der Waals surface area (Å²) in [6, 6.07) is -0.959. The first kappa shape index (κ1) is 17.5. The van der Waals surface area contributed by atoms with Crippen LogP contribution in [0, 0.1) is 11.3 Å². The third-order valence-corrected chi connectivity index (χ3v) is 3.91. The molecule has 0 bridgehead atoms. The van der Waals surface area contributed by atoms with Crippen LogP contribution in [0.2, 0.25) is 0 Å². The first-order chi connectivity index (χ1) is 9.53. The molecule has 2 N–H and O–H groups in total. The summed E-state index contributed by atoms with van der Waals surface area (Å²) in [6.45, 7) is 1.85. The number of nitrogens with one attached hydrogen (secondary N) is 1. The van der Waals surface area contributed by atoms with E-state index in [1.54, 1.807) is 19.2 Å². The van der Waals surface area contributed by atoms with Gasteiger partial charge >= 0.3 is 24.3 Å². The topological polar surface area (TPSA) is 69.6 Å². The highest BCUT2D eigenvalue weighted by atomic mass is 19.3. The minimum absolute atomic E-state index is 0.0799. The summed E-state index contributed by atoms with van der Waals surface area (Å²) in [5.41, 5.74) is -1.14. The van der Waals surface area contributed by atoms with E-state index in [4.69, 9.17) is 0 Å². The number of carbonyl (C=O) groups excluding carboxylic acids is 1. The number of carboxylic acids is 1. The van der Waals surface area contributed by atoms with Gasteiger partial charge in [0.2, 0.25) is 0 Å². The summed E-state index contributed by atoms with van der Waals surface area (Å²) < 4.78 is 49.4. The van der Waals surface area contributed by atoms with E-state index in [1.807, 2.05) is 0 Å². The number of likely N-dealkylation sites (tertiary alicyclic amines) is 1. The number of carbonyl (C=O) groups is 2. The number of urea groups is 1. The summed E-state index contributed by atoms with van der Waals surface area (Å²) in [5.74, 6) is -5.63. The Hall–Kier alpha value is -1.54. The number of rotatable bonds is 5. The molecule has 122 valence electrons. The first-order valence-electron chi connectivity index (χ1n) is 6.45. The van der Waals surface area contributed by atoms with E-state index in [2.05, 4.69) is 0 Å². The summed E-state index contributed by atoms with van der Waals surface area (Å²) in [5, 5.41) is 11.0. The van der Waals surface area contributed by atoms with Crippen molar-refractivity contribution in [1.82, 2.24) is 10.2 Å². The smallest absolute Gasteiger partial charge is 0.324 e. The molecule has 1 saturated heterocycles. The van der Waals surface area contributed by atoms with Crippen molar-refractivity contribution in [3.8, 4) is 0 Å². The highest BCUT2D eigenvalue weighted by Crippen LogP contribution is 2.38. The molecule has 0 radical (unpaired) electrons. The largest absolute Gasteiger partial charge is 0.481 e. The van der Waals surface area contributed by atoms with Gasteiger partial charge in [-0.1, -0.05) is 13.8 Å². The maximum atomic E-state index is 12.7. The zero-order valence-corrected chi connectivity index (χ0v) is 11.7. The molecule has 1 heterocycles. The molecule has 1 aliphatic rings. The number of carboxylic acid groups (broad SMARTS) is 1. The van der Waals surface area contributed by atoms with Gasteiger partial charge in [-0.15, -0.1) is 0 Å². The van der Waals surface area contributed by atoms with Crippen LogP contribution in [0.15, 0.2) is 0 Å². The Kier molecular flexibility index (Phi) is 5.06. The molecule has 0 aromatic rings. The predicted molar refractivity (Wildman–Crippen MR) is 65.4 cm³/mol. The van der Waals surface area contributed by atoms with E-state index >= 15 is 0 Å². The van der Waals surface area contributed by atoms with E-state index in [0.29, 0.717) is 0 Å². The van der Waals surface area contributed by atoms with Gasteiger partial charge in [0.15, 0.2) is 0 Å². The van der Waals surface area contributed by atoms with E-state index in [9.17, 15) is 32.3 Å². The first-order valence-corrected chi connectivity index (χ1v) is 6.45. The molecule has 1 rings (SSSR count). The third-order valence-electron chi connectivity index (χ3n) is 3.91. The van der Waals surface area contributed by atoms with Gasteiger partial charge in [-0.3, -0.25) is 4.79 Å². The molecule has 0 aromatic carbocycles. The van der Waals surface area contributed by atoms with Crippen LogP contribution in [-0.4, -0.2) is 54.0 Å². The number of nitrogens with zero attached hydrogens (tertiary/aromatic N) is 1. The van der Waals surface area contributed by atoms with Gasteiger partial charge in [0, 0.05) is 13.1 Å². The fraction of sp³-hybridized carbons (Fsp3) is 0.833. The fourth-order valence-electron chi connectivity index (χ4n) is 2.28. The lowest BCUT2D eigenvalue weighted by molar-refractivity contribution is -0.150. The Morgan fingerprint density at radius 3 is 2.33 bits per heavy atom. The maximum absolute atomic E-state index is 12.7. The standard InChI is InChI=1S/C12H18F4N2O3/c1-7(2)11(9(19)20)3-4-18(6-11)10(21)17-5-12(15,16)8(13)14/h7-8H,3-6H2,1-2H3,(H,17,21)(H,19,20). The second-order valence-electron chi connectivity index (χ2n) is 5.51. The lowest BCUT2D eigenvalue weighted by Gasteiger charge is -2.28. The molecule has 2 amide bonds. The van der Waals surface area contributed by atoms with Crippen molar-refractivity contribution in [2.24, 2.45) is 11.3 Å². The van der Waals surface area contributed by atoms with Crippen LogP contribution in [0.3, 0.4) is 0 Å². The molecule has 1 fully saturated rings. The lowest BCUT2D eigenvalue weighted by atomic mass is 9.76. The Labute approximate surface area is 119 Å². The average Bonchev–Trinajstić information content (AvgIpc) is 2.82. The van der Waals surface area contributed by atoms with Crippen molar-refractivity contribution >= 4 is 12.0 Å². The Morgan fingerprint density at radius 1 is 1.38 bits per heavy atom. The summed E-state index contributed by atoms with van der Waals surface area (Å²) >= 11 is 0. The Bertz CT molecular complexity index is 417. The molecule has 0 saturated carbocycles. The second-order valence-corrected chi connectivity index (χ2v) is 5.51. The highest BCUT2D eigenvalue weighted by Gasteiger charge is 2.49. The van der Waals surface area contributed by atoms with Crippen LogP contribution in [0.1, 0.15) is 20.3 Å². The van der Waals surface area contributed by atoms with Gasteiger partial charge in [-0.2, -0.15) is 8.78 Å². The van der Waals surface area contributed by atoms with Crippen molar-refractivity contribution < 1.29 is 32.3 Å². The number of halogens is 4. The van der Waals surface area contributed by atoms with Crippen molar-refractivity contribution in [1.29, 1.82) is 0 Å². The van der Waals surface area contributed by atoms with E-state index in [-0.39, 0.29) is 25.4 Å². The van der Waals surface area contributed by atoms with Crippen molar-refractivity contribution in [2.75, 3.05) is 19.6 Å². The average molecular weight is 314 g/mol. The molecular formula is C12H18F4N2O3. The quantitative estimate of drug-likeness (QED) is 0.763. The van der Waals surface area contributed by atoms with Crippen LogP contribution in [0.25, 0.3) is 0 Å². The minimum atomic E-state index is -4.31. The predicted octanol–water partition coefficient (Wildman–Crippen LogP) is 2.03. The number of hydrogen-bond donors (Lipinski definition) is 2. The molecule has 5 nitrogen and oxygen atoms in total. The third kappa shape index (κ3) is 3.56. The molecule has 0 aromatic heterocycles. The van der Waals surface area contributed by atoms with Gasteiger partial charge < -0.3 is 15.3 Å². The number of aliphatic carboxylic acids is 1.